The van der Waals surface area contributed by atoms with Crippen molar-refractivity contribution in [3.63, 3.8) is 0 Å². The van der Waals surface area contributed by atoms with Crippen molar-refractivity contribution in [2.24, 2.45) is 0 Å². The third kappa shape index (κ3) is 4.98. The highest BCUT2D eigenvalue weighted by molar-refractivity contribution is 7.89. The average Bonchev–Trinajstić information content (AvgIpc) is 3.35. The van der Waals surface area contributed by atoms with Gasteiger partial charge in [0.1, 0.15) is 23.1 Å². The second kappa shape index (κ2) is 9.50. The van der Waals surface area contributed by atoms with Crippen LogP contribution >= 0.6 is 0 Å². The molecule has 1 heterocycles. The van der Waals surface area contributed by atoms with Crippen LogP contribution in [-0.2, 0) is 16.6 Å². The van der Waals surface area contributed by atoms with Gasteiger partial charge in [-0.25, -0.2) is 12.8 Å². The number of hydrogen-bond donors (Lipinski definition) is 1. The van der Waals surface area contributed by atoms with Gasteiger partial charge in [0.25, 0.3) is 5.91 Å². The zero-order valence-electron chi connectivity index (χ0n) is 17.3. The summed E-state index contributed by atoms with van der Waals surface area (Å²) in [4.78, 5) is 12.2. The Morgan fingerprint density at radius 1 is 0.969 bits per heavy atom. The van der Waals surface area contributed by atoms with Gasteiger partial charge in [-0.2, -0.15) is 4.31 Å². The number of hydrogen-bond acceptors (Lipinski definition) is 4. The van der Waals surface area contributed by atoms with Crippen LogP contribution < -0.4 is 10.1 Å². The van der Waals surface area contributed by atoms with Gasteiger partial charge in [0, 0.05) is 24.3 Å². The van der Waals surface area contributed by atoms with Crippen molar-refractivity contribution in [3.8, 4) is 5.75 Å². The molecule has 1 N–H and O–H groups in total. The molecule has 0 aromatic heterocycles. The van der Waals surface area contributed by atoms with E-state index >= 15 is 0 Å². The first-order valence-corrected chi connectivity index (χ1v) is 11.8. The minimum Gasteiger partial charge on any atom is -0.489 e. The van der Waals surface area contributed by atoms with Crippen molar-refractivity contribution in [3.05, 3.63) is 89.7 Å². The van der Waals surface area contributed by atoms with Crippen LogP contribution in [0.2, 0.25) is 0 Å². The smallest absolute Gasteiger partial charge is 0.255 e. The van der Waals surface area contributed by atoms with Crippen LogP contribution in [0.3, 0.4) is 0 Å². The highest BCUT2D eigenvalue weighted by Gasteiger charge is 2.30. The SMILES string of the molecule is O=C(Nc1ccc(OCc2ccccc2)cc1)c1ccc(F)c(S(=O)(=O)N2CCCC2)c1. The maximum absolute atomic E-state index is 14.3. The van der Waals surface area contributed by atoms with Crippen molar-refractivity contribution < 1.29 is 22.3 Å². The molecule has 0 spiro atoms. The highest BCUT2D eigenvalue weighted by Crippen LogP contribution is 2.25. The summed E-state index contributed by atoms with van der Waals surface area (Å²) < 4.78 is 46.7. The first-order chi connectivity index (χ1) is 15.4. The molecule has 166 valence electrons. The van der Waals surface area contributed by atoms with E-state index < -0.39 is 26.6 Å². The van der Waals surface area contributed by atoms with Crippen molar-refractivity contribution in [1.29, 1.82) is 0 Å². The second-order valence-corrected chi connectivity index (χ2v) is 9.42. The molecule has 32 heavy (non-hydrogen) atoms. The lowest BCUT2D eigenvalue weighted by molar-refractivity contribution is 0.102. The second-order valence-electron chi connectivity index (χ2n) is 7.51. The Hall–Kier alpha value is -3.23. The molecule has 0 bridgehead atoms. The quantitative estimate of drug-likeness (QED) is 0.573. The van der Waals surface area contributed by atoms with Crippen LogP contribution in [0.25, 0.3) is 0 Å². The average molecular weight is 455 g/mol. The first kappa shape index (κ1) is 22.0. The topological polar surface area (TPSA) is 75.7 Å². The van der Waals surface area contributed by atoms with Crippen molar-refractivity contribution in [1.82, 2.24) is 4.31 Å². The number of sulfonamides is 1. The largest absolute Gasteiger partial charge is 0.489 e. The lowest BCUT2D eigenvalue weighted by Gasteiger charge is -2.16. The van der Waals surface area contributed by atoms with Crippen molar-refractivity contribution >= 4 is 21.6 Å². The number of nitrogens with one attached hydrogen (secondary N) is 1. The molecule has 8 heteroatoms. The Morgan fingerprint density at radius 2 is 1.66 bits per heavy atom. The van der Waals surface area contributed by atoms with Gasteiger partial charge in [-0.15, -0.1) is 0 Å². The Balaban J connectivity index is 1.43. The fourth-order valence-electron chi connectivity index (χ4n) is 3.49. The van der Waals surface area contributed by atoms with E-state index in [1.54, 1.807) is 24.3 Å². The van der Waals surface area contributed by atoms with E-state index in [2.05, 4.69) is 5.32 Å². The maximum atomic E-state index is 14.3. The zero-order chi connectivity index (χ0) is 22.6. The molecule has 0 unspecified atom stereocenters. The molecule has 1 saturated heterocycles. The summed E-state index contributed by atoms with van der Waals surface area (Å²) in [5.41, 5.74) is 1.62. The van der Waals surface area contributed by atoms with E-state index in [-0.39, 0.29) is 5.56 Å². The number of ether oxygens (including phenoxy) is 1. The molecule has 1 aliphatic rings. The van der Waals surface area contributed by atoms with Crippen LogP contribution in [0.5, 0.6) is 5.75 Å². The summed E-state index contributed by atoms with van der Waals surface area (Å²) in [7, 11) is -3.97. The van der Waals surface area contributed by atoms with E-state index in [9.17, 15) is 17.6 Å². The van der Waals surface area contributed by atoms with E-state index in [4.69, 9.17) is 4.74 Å². The summed E-state index contributed by atoms with van der Waals surface area (Å²) in [6.45, 7) is 1.14. The Morgan fingerprint density at radius 3 is 2.34 bits per heavy atom. The lowest BCUT2D eigenvalue weighted by Crippen LogP contribution is -2.29. The standard InChI is InChI=1S/C24H23FN2O4S/c25-22-13-8-19(16-23(22)32(29,30)27-14-4-5-15-27)24(28)26-20-9-11-21(12-10-20)31-17-18-6-2-1-3-7-18/h1-3,6-13,16H,4-5,14-15,17H2,(H,26,28). The van der Waals surface area contributed by atoms with Gasteiger partial charge >= 0.3 is 0 Å². The number of halogens is 1. The molecule has 0 atom stereocenters. The van der Waals surface area contributed by atoms with Crippen LogP contribution in [-0.4, -0.2) is 31.7 Å². The van der Waals surface area contributed by atoms with Crippen LogP contribution in [0.4, 0.5) is 10.1 Å². The summed E-state index contributed by atoms with van der Waals surface area (Å²) in [5.74, 6) is -0.748. The molecule has 1 fully saturated rings. The van der Waals surface area contributed by atoms with Gasteiger partial charge in [-0.3, -0.25) is 4.79 Å². The van der Waals surface area contributed by atoms with E-state index in [0.29, 0.717) is 31.1 Å². The fourth-order valence-corrected chi connectivity index (χ4v) is 5.10. The van der Waals surface area contributed by atoms with E-state index in [0.717, 1.165) is 30.5 Å². The number of carbonyl (C=O) groups excluding carboxylic acids is 1. The summed E-state index contributed by atoms with van der Waals surface area (Å²) in [5, 5.41) is 2.70. The zero-order valence-corrected chi connectivity index (χ0v) is 18.1. The molecule has 0 saturated carbocycles. The van der Waals surface area contributed by atoms with Crippen LogP contribution in [0.15, 0.2) is 77.7 Å². The summed E-state index contributed by atoms with van der Waals surface area (Å²) >= 11 is 0. The molecule has 0 aliphatic carbocycles. The molecule has 1 amide bonds. The number of benzene rings is 3. The van der Waals surface area contributed by atoms with Gasteiger partial charge < -0.3 is 10.1 Å². The summed E-state index contributed by atoms with van der Waals surface area (Å²) in [6.07, 6.45) is 1.48. The molecule has 6 nitrogen and oxygen atoms in total. The van der Waals surface area contributed by atoms with Crippen molar-refractivity contribution in [2.45, 2.75) is 24.3 Å². The van der Waals surface area contributed by atoms with Crippen molar-refractivity contribution in [2.75, 3.05) is 18.4 Å². The maximum Gasteiger partial charge on any atom is 0.255 e. The van der Waals surface area contributed by atoms with E-state index in [1.165, 1.54) is 10.4 Å². The number of rotatable bonds is 7. The molecular weight excluding hydrogens is 431 g/mol. The number of nitrogens with zero attached hydrogens (tertiary/aromatic N) is 1. The van der Waals surface area contributed by atoms with Gasteiger partial charge in [0.2, 0.25) is 10.0 Å². The third-order valence-electron chi connectivity index (χ3n) is 5.24. The Kier molecular flexibility index (Phi) is 6.53. The highest BCUT2D eigenvalue weighted by atomic mass is 32.2. The monoisotopic (exact) mass is 454 g/mol. The summed E-state index contributed by atoms with van der Waals surface area (Å²) in [6, 6.07) is 20.0. The molecule has 3 aromatic rings. The lowest BCUT2D eigenvalue weighted by atomic mass is 10.2. The first-order valence-electron chi connectivity index (χ1n) is 10.3. The van der Waals surface area contributed by atoms with Crippen LogP contribution in [0, 0.1) is 5.82 Å². The molecule has 4 rings (SSSR count). The fraction of sp³-hybridized carbons (Fsp3) is 0.208. The number of carbonyl (C=O) groups is 1. The van der Waals surface area contributed by atoms with E-state index in [1.807, 2.05) is 30.3 Å². The molecule has 0 radical (unpaired) electrons. The van der Waals surface area contributed by atoms with Crippen LogP contribution in [0.1, 0.15) is 28.8 Å². The van der Waals surface area contributed by atoms with Gasteiger partial charge in [-0.1, -0.05) is 30.3 Å². The number of amides is 1. The third-order valence-corrected chi connectivity index (χ3v) is 7.15. The Labute approximate surface area is 186 Å². The van der Waals surface area contributed by atoms with Gasteiger partial charge in [0.15, 0.2) is 0 Å². The van der Waals surface area contributed by atoms with Gasteiger partial charge in [-0.05, 0) is 60.9 Å². The predicted octanol–water partition coefficient (Wildman–Crippen LogP) is 4.44. The normalized spacial score (nSPS) is 14.3. The minimum atomic E-state index is -3.97. The number of anilines is 1. The minimum absolute atomic E-state index is 0.0635. The Bertz CT molecular complexity index is 1190. The van der Waals surface area contributed by atoms with Gasteiger partial charge in [0.05, 0.1) is 0 Å². The molecule has 3 aromatic carbocycles. The molecular formula is C24H23FN2O4S. The predicted molar refractivity (Wildman–Crippen MR) is 120 cm³/mol. The molecule has 1 aliphatic heterocycles.